The van der Waals surface area contributed by atoms with Gasteiger partial charge < -0.3 is 29.3 Å². The summed E-state index contributed by atoms with van der Waals surface area (Å²) in [4.78, 5) is 43.6. The second kappa shape index (κ2) is 11.2. The van der Waals surface area contributed by atoms with Gasteiger partial charge in [-0.1, -0.05) is 6.92 Å². The van der Waals surface area contributed by atoms with Crippen molar-refractivity contribution in [3.05, 3.63) is 22.2 Å². The zero-order valence-corrected chi connectivity index (χ0v) is 22.8. The molecule has 3 amide bonds. The van der Waals surface area contributed by atoms with Gasteiger partial charge in [0.2, 0.25) is 0 Å². The number of amides is 3. The molecule has 10 heteroatoms. The molecule has 0 bridgehead atoms. The van der Waals surface area contributed by atoms with E-state index in [0.717, 1.165) is 6.42 Å². The summed E-state index contributed by atoms with van der Waals surface area (Å²) in [6.07, 6.45) is 1.61. The third-order valence-corrected chi connectivity index (χ3v) is 7.51. The van der Waals surface area contributed by atoms with Gasteiger partial charge in [0.15, 0.2) is 5.60 Å². The highest BCUT2D eigenvalue weighted by atomic mass is 79.9. The Labute approximate surface area is 215 Å². The Morgan fingerprint density at radius 1 is 1.37 bits per heavy atom. The van der Waals surface area contributed by atoms with Gasteiger partial charge in [0, 0.05) is 43.9 Å². The molecule has 194 valence electrons. The van der Waals surface area contributed by atoms with E-state index >= 15 is 0 Å². The Kier molecular flexibility index (Phi) is 8.69. The minimum atomic E-state index is -0.989. The van der Waals surface area contributed by atoms with E-state index in [4.69, 9.17) is 9.47 Å². The van der Waals surface area contributed by atoms with E-state index in [1.807, 2.05) is 20.8 Å². The number of hydrogen-bond acceptors (Lipinski definition) is 5. The molecule has 9 nitrogen and oxygen atoms in total. The number of carbonyl (C=O) groups excluding carboxylic acids is 2. The van der Waals surface area contributed by atoms with Crippen molar-refractivity contribution in [3.8, 4) is 5.75 Å². The fourth-order valence-electron chi connectivity index (χ4n) is 4.81. The second-order valence-electron chi connectivity index (χ2n) is 9.62. The fraction of sp³-hybridized carbons (Fsp3) is 0.640. The van der Waals surface area contributed by atoms with Crippen LogP contribution in [0.4, 0.5) is 10.5 Å². The molecule has 2 aliphatic heterocycles. The average Bonchev–Trinajstić information content (AvgIpc) is 2.81. The highest BCUT2D eigenvalue weighted by Gasteiger charge is 2.44. The van der Waals surface area contributed by atoms with Gasteiger partial charge in [0.25, 0.3) is 11.8 Å². The van der Waals surface area contributed by atoms with Crippen LogP contribution < -0.4 is 9.64 Å². The maximum absolute atomic E-state index is 13.9. The fourth-order valence-corrected chi connectivity index (χ4v) is 5.30. The summed E-state index contributed by atoms with van der Waals surface area (Å²) >= 11 is 3.56. The first-order valence-electron chi connectivity index (χ1n) is 12.2. The number of rotatable bonds is 8. The number of halogens is 1. The molecule has 1 unspecified atom stereocenters. The van der Waals surface area contributed by atoms with Crippen LogP contribution in [0.3, 0.4) is 0 Å². The maximum atomic E-state index is 13.9. The maximum Gasteiger partial charge on any atom is 0.407 e. The standard InChI is InChI=1S/C25H36BrN3O6/c1-6-25(4)23(31)28(11-8-12-34-5)20-13-18(19(26)14-21(20)35-25)22(30)29(16(2)3)17-9-7-10-27(15-17)24(32)33/h13-14,16-17H,6-12,15H2,1-5H3,(H,32,33)/t17-,25?/m1/s1. The lowest BCUT2D eigenvalue weighted by molar-refractivity contribution is -0.134. The van der Waals surface area contributed by atoms with Crippen molar-refractivity contribution in [2.75, 3.05) is 38.3 Å². The second-order valence-corrected chi connectivity index (χ2v) is 10.5. The molecule has 1 aromatic rings. The molecule has 0 spiro atoms. The molecule has 0 saturated carbocycles. The molecule has 2 atom stereocenters. The Hall–Kier alpha value is -2.33. The largest absolute Gasteiger partial charge is 0.475 e. The van der Waals surface area contributed by atoms with Gasteiger partial charge in [-0.2, -0.15) is 0 Å². The number of methoxy groups -OCH3 is 1. The highest BCUT2D eigenvalue weighted by molar-refractivity contribution is 9.10. The van der Waals surface area contributed by atoms with E-state index in [-0.39, 0.29) is 30.4 Å². The Balaban J connectivity index is 2.00. The third kappa shape index (κ3) is 5.58. The summed E-state index contributed by atoms with van der Waals surface area (Å²) in [6, 6.07) is 3.11. The number of fused-ring (bicyclic) bond motifs is 1. The van der Waals surface area contributed by atoms with Gasteiger partial charge >= 0.3 is 6.09 Å². The lowest BCUT2D eigenvalue weighted by Crippen LogP contribution is -2.55. The van der Waals surface area contributed by atoms with E-state index in [9.17, 15) is 19.5 Å². The summed E-state index contributed by atoms with van der Waals surface area (Å²) in [5, 5.41) is 9.47. The SMILES string of the molecule is CCC1(C)Oc2cc(Br)c(C(=O)N(C(C)C)[C@@H]3CCCN(C(=O)O)C3)cc2N(CCCOC)C1=O. The summed E-state index contributed by atoms with van der Waals surface area (Å²) in [6.45, 7) is 9.26. The molecule has 0 aromatic heterocycles. The predicted octanol–water partition coefficient (Wildman–Crippen LogP) is 4.37. The lowest BCUT2D eigenvalue weighted by atomic mass is 9.96. The molecule has 1 N–H and O–H groups in total. The molecule has 0 radical (unpaired) electrons. The van der Waals surface area contributed by atoms with Crippen molar-refractivity contribution in [2.24, 2.45) is 0 Å². The van der Waals surface area contributed by atoms with Crippen LogP contribution in [0.5, 0.6) is 5.75 Å². The number of anilines is 1. The van der Waals surface area contributed by atoms with Crippen LogP contribution in [0.2, 0.25) is 0 Å². The van der Waals surface area contributed by atoms with Gasteiger partial charge in [0.05, 0.1) is 17.3 Å². The summed E-state index contributed by atoms with van der Waals surface area (Å²) in [5.74, 6) is 0.190. The quantitative estimate of drug-likeness (QED) is 0.479. The highest BCUT2D eigenvalue weighted by Crippen LogP contribution is 2.42. The number of likely N-dealkylation sites (tertiary alicyclic amines) is 1. The molecular formula is C25H36BrN3O6. The average molecular weight is 554 g/mol. The molecule has 3 rings (SSSR count). The molecule has 2 heterocycles. The van der Waals surface area contributed by atoms with Gasteiger partial charge in [-0.15, -0.1) is 0 Å². The van der Waals surface area contributed by atoms with Crippen LogP contribution in [-0.4, -0.2) is 83.8 Å². The topological polar surface area (TPSA) is 99.6 Å². The Morgan fingerprint density at radius 3 is 2.69 bits per heavy atom. The molecule has 35 heavy (non-hydrogen) atoms. The number of hydrogen-bond donors (Lipinski definition) is 1. The van der Waals surface area contributed by atoms with Crippen LogP contribution in [0.25, 0.3) is 0 Å². The number of nitrogens with zero attached hydrogens (tertiary/aromatic N) is 3. The number of carboxylic acid groups (broad SMARTS) is 1. The number of carbonyl (C=O) groups is 3. The first-order chi connectivity index (χ1) is 16.5. The lowest BCUT2D eigenvalue weighted by Gasteiger charge is -2.42. The van der Waals surface area contributed by atoms with Gasteiger partial charge in [0.1, 0.15) is 5.75 Å². The van der Waals surface area contributed by atoms with Crippen LogP contribution in [-0.2, 0) is 9.53 Å². The van der Waals surface area contributed by atoms with E-state index in [0.29, 0.717) is 60.4 Å². The smallest absolute Gasteiger partial charge is 0.407 e. The Morgan fingerprint density at radius 2 is 2.09 bits per heavy atom. The van der Waals surface area contributed by atoms with E-state index < -0.39 is 11.7 Å². The minimum absolute atomic E-state index is 0.136. The van der Waals surface area contributed by atoms with Gasteiger partial charge in [-0.05, 0) is 74.5 Å². The monoisotopic (exact) mass is 553 g/mol. The summed E-state index contributed by atoms with van der Waals surface area (Å²) in [7, 11) is 1.62. The first-order valence-corrected chi connectivity index (χ1v) is 13.0. The van der Waals surface area contributed by atoms with Crippen LogP contribution in [0, 0.1) is 0 Å². The van der Waals surface area contributed by atoms with Gasteiger partial charge in [-0.25, -0.2) is 4.79 Å². The molecule has 1 saturated heterocycles. The zero-order valence-electron chi connectivity index (χ0n) is 21.2. The van der Waals surface area contributed by atoms with Crippen LogP contribution >= 0.6 is 15.9 Å². The van der Waals surface area contributed by atoms with Crippen LogP contribution in [0.15, 0.2) is 16.6 Å². The van der Waals surface area contributed by atoms with E-state index in [2.05, 4.69) is 15.9 Å². The third-order valence-electron chi connectivity index (χ3n) is 6.86. The van der Waals surface area contributed by atoms with Crippen molar-refractivity contribution in [2.45, 2.75) is 71.1 Å². The number of benzene rings is 1. The van der Waals surface area contributed by atoms with Gasteiger partial charge in [-0.3, -0.25) is 9.59 Å². The normalized spacial score (nSPS) is 22.1. The molecule has 1 aromatic carbocycles. The molecule has 1 fully saturated rings. The Bertz CT molecular complexity index is 971. The predicted molar refractivity (Wildman–Crippen MR) is 136 cm³/mol. The summed E-state index contributed by atoms with van der Waals surface area (Å²) < 4.78 is 11.9. The van der Waals surface area contributed by atoms with Crippen molar-refractivity contribution >= 4 is 39.5 Å². The number of ether oxygens (including phenoxy) is 2. The first kappa shape index (κ1) is 27.3. The van der Waals surface area contributed by atoms with Crippen LogP contribution in [0.1, 0.15) is 63.7 Å². The van der Waals surface area contributed by atoms with Crippen molar-refractivity contribution in [3.63, 3.8) is 0 Å². The van der Waals surface area contributed by atoms with Crippen molar-refractivity contribution in [1.29, 1.82) is 0 Å². The molecule has 0 aliphatic carbocycles. The van der Waals surface area contributed by atoms with Crippen molar-refractivity contribution < 1.29 is 29.0 Å². The molecule has 2 aliphatic rings. The minimum Gasteiger partial charge on any atom is -0.475 e. The van der Waals surface area contributed by atoms with Crippen molar-refractivity contribution in [1.82, 2.24) is 9.80 Å². The summed E-state index contributed by atoms with van der Waals surface area (Å²) in [5.41, 5.74) is -0.0153. The molecular weight excluding hydrogens is 518 g/mol. The van der Waals surface area contributed by atoms with E-state index in [1.165, 1.54) is 4.90 Å². The number of piperidine rings is 1. The zero-order chi connectivity index (χ0) is 25.9. The van der Waals surface area contributed by atoms with E-state index in [1.54, 1.807) is 36.0 Å².